The third-order valence-electron chi connectivity index (χ3n) is 15.5. The second kappa shape index (κ2) is 10.3. The fraction of sp³-hybridized carbons (Fsp3) is 0.750. The summed E-state index contributed by atoms with van der Waals surface area (Å²) in [6.07, 6.45) is 11.0. The number of fused-ring (bicyclic) bond motifs is 4. The SMILES string of the molecule is C=C1CCC2C(C)(C(=O)O)CCCC2(C)C1CC=C(C)C1CC23C(=O)C1(C(C)C)C(=O)C(O)=C2C1(C)CCCC(C)(C)C1C3C=O. The molecular formula is C40H56O6. The van der Waals surface area contributed by atoms with Gasteiger partial charge in [-0.15, -0.1) is 0 Å². The molecule has 46 heavy (non-hydrogen) atoms. The second-order valence-corrected chi connectivity index (χ2v) is 18.1. The van der Waals surface area contributed by atoms with Gasteiger partial charge in [0.1, 0.15) is 11.7 Å². The zero-order valence-electron chi connectivity index (χ0n) is 29.4. The van der Waals surface area contributed by atoms with Crippen molar-refractivity contribution in [2.24, 2.45) is 68.0 Å². The second-order valence-electron chi connectivity index (χ2n) is 18.1. The molecule has 5 fully saturated rings. The van der Waals surface area contributed by atoms with Crippen LogP contribution in [0.1, 0.15) is 120 Å². The van der Waals surface area contributed by atoms with Gasteiger partial charge in [-0.2, -0.15) is 0 Å². The third kappa shape index (κ3) is 3.76. The number of hydrogen-bond donors (Lipinski definition) is 2. The van der Waals surface area contributed by atoms with Crippen LogP contribution in [0.4, 0.5) is 0 Å². The molecule has 0 aromatic rings. The number of ketones is 2. The Kier molecular flexibility index (Phi) is 7.44. The Morgan fingerprint density at radius 1 is 1.04 bits per heavy atom. The monoisotopic (exact) mass is 632 g/mol. The third-order valence-corrected chi connectivity index (χ3v) is 15.5. The summed E-state index contributed by atoms with van der Waals surface area (Å²) in [6.45, 7) is 21.0. The van der Waals surface area contributed by atoms with E-state index in [-0.39, 0.29) is 46.0 Å². The Bertz CT molecular complexity index is 1480. The highest BCUT2D eigenvalue weighted by molar-refractivity contribution is 6.22. The number of hydrogen-bond acceptors (Lipinski definition) is 5. The minimum absolute atomic E-state index is 0.0492. The van der Waals surface area contributed by atoms with Crippen LogP contribution in [-0.4, -0.2) is 34.0 Å². The quantitative estimate of drug-likeness (QED) is 0.173. The van der Waals surface area contributed by atoms with Crippen molar-refractivity contribution in [2.45, 2.75) is 120 Å². The molecule has 10 unspecified atom stereocenters. The molecule has 5 saturated carbocycles. The number of aliphatic hydroxyl groups excluding tert-OH is 1. The molecule has 10 atom stereocenters. The van der Waals surface area contributed by atoms with Crippen molar-refractivity contribution >= 4 is 23.8 Å². The summed E-state index contributed by atoms with van der Waals surface area (Å²) in [7, 11) is 0. The van der Waals surface area contributed by atoms with Crippen LogP contribution in [0.2, 0.25) is 0 Å². The topological polar surface area (TPSA) is 109 Å². The molecule has 0 saturated heterocycles. The fourth-order valence-electron chi connectivity index (χ4n) is 13.6. The van der Waals surface area contributed by atoms with E-state index < -0.39 is 45.2 Å². The summed E-state index contributed by atoms with van der Waals surface area (Å²) in [6, 6.07) is 0. The Morgan fingerprint density at radius 3 is 2.30 bits per heavy atom. The molecule has 0 amide bonds. The summed E-state index contributed by atoms with van der Waals surface area (Å²) in [5, 5.41) is 22.3. The van der Waals surface area contributed by atoms with Gasteiger partial charge in [0, 0.05) is 11.8 Å². The highest BCUT2D eigenvalue weighted by atomic mass is 16.4. The van der Waals surface area contributed by atoms with Crippen LogP contribution in [0.15, 0.2) is 35.1 Å². The predicted octanol–water partition coefficient (Wildman–Crippen LogP) is 8.46. The van der Waals surface area contributed by atoms with E-state index >= 15 is 4.79 Å². The normalized spacial score (nSPS) is 46.7. The Balaban J connectivity index is 1.44. The van der Waals surface area contributed by atoms with Crippen LogP contribution < -0.4 is 0 Å². The number of rotatable bonds is 6. The van der Waals surface area contributed by atoms with Crippen molar-refractivity contribution in [3.63, 3.8) is 0 Å². The number of carbonyl (C=O) groups excluding carboxylic acids is 3. The Labute approximate surface area is 275 Å². The van der Waals surface area contributed by atoms with Gasteiger partial charge in [0.05, 0.1) is 10.8 Å². The van der Waals surface area contributed by atoms with E-state index in [1.807, 2.05) is 27.7 Å². The van der Waals surface area contributed by atoms with Crippen molar-refractivity contribution in [3.05, 3.63) is 35.1 Å². The zero-order chi connectivity index (χ0) is 34.0. The van der Waals surface area contributed by atoms with Gasteiger partial charge in [0.15, 0.2) is 11.5 Å². The van der Waals surface area contributed by atoms with Crippen LogP contribution in [0.25, 0.3) is 0 Å². The van der Waals surface area contributed by atoms with Gasteiger partial charge in [-0.25, -0.2) is 0 Å². The summed E-state index contributed by atoms with van der Waals surface area (Å²) < 4.78 is 0. The van der Waals surface area contributed by atoms with Gasteiger partial charge in [-0.3, -0.25) is 14.4 Å². The van der Waals surface area contributed by atoms with Gasteiger partial charge >= 0.3 is 5.97 Å². The van der Waals surface area contributed by atoms with Crippen LogP contribution in [0.3, 0.4) is 0 Å². The minimum atomic E-state index is -1.42. The van der Waals surface area contributed by atoms with Gasteiger partial charge < -0.3 is 15.0 Å². The molecule has 1 spiro atoms. The lowest BCUT2D eigenvalue weighted by atomic mass is 9.46. The van der Waals surface area contributed by atoms with E-state index in [9.17, 15) is 24.6 Å². The van der Waals surface area contributed by atoms with E-state index in [2.05, 4.69) is 40.3 Å². The summed E-state index contributed by atoms with van der Waals surface area (Å²) >= 11 is 0. The Morgan fingerprint density at radius 2 is 1.70 bits per heavy atom. The molecule has 0 heterocycles. The molecule has 252 valence electrons. The molecule has 6 nitrogen and oxygen atoms in total. The van der Waals surface area contributed by atoms with Crippen LogP contribution in [-0.2, 0) is 19.2 Å². The van der Waals surface area contributed by atoms with Gasteiger partial charge in [0.25, 0.3) is 0 Å². The van der Waals surface area contributed by atoms with Gasteiger partial charge in [-0.1, -0.05) is 78.2 Å². The molecule has 0 aromatic heterocycles. The van der Waals surface area contributed by atoms with Crippen LogP contribution >= 0.6 is 0 Å². The maximum atomic E-state index is 15.2. The van der Waals surface area contributed by atoms with E-state index in [0.29, 0.717) is 24.8 Å². The van der Waals surface area contributed by atoms with Crippen LogP contribution in [0.5, 0.6) is 0 Å². The number of aliphatic hydroxyl groups is 1. The summed E-state index contributed by atoms with van der Waals surface area (Å²) in [5.74, 6) is -2.93. The van der Waals surface area contributed by atoms with E-state index in [1.165, 1.54) is 0 Å². The van der Waals surface area contributed by atoms with E-state index in [1.54, 1.807) is 0 Å². The number of carboxylic acid groups (broad SMARTS) is 1. The van der Waals surface area contributed by atoms with Crippen molar-refractivity contribution in [2.75, 3.05) is 0 Å². The number of allylic oxidation sites excluding steroid dienone is 5. The highest BCUT2D eigenvalue weighted by Gasteiger charge is 2.81. The lowest BCUT2D eigenvalue weighted by Crippen LogP contribution is -2.54. The first kappa shape index (κ1) is 33.4. The largest absolute Gasteiger partial charge is 0.504 e. The summed E-state index contributed by atoms with van der Waals surface area (Å²) in [4.78, 5) is 55.6. The van der Waals surface area contributed by atoms with Crippen molar-refractivity contribution < 1.29 is 29.4 Å². The molecule has 2 N–H and O–H groups in total. The lowest BCUT2D eigenvalue weighted by molar-refractivity contribution is -0.164. The lowest BCUT2D eigenvalue weighted by Gasteiger charge is -2.57. The molecule has 0 radical (unpaired) electrons. The first-order valence-electron chi connectivity index (χ1n) is 17.9. The molecule has 6 heteroatoms. The van der Waals surface area contributed by atoms with Crippen molar-refractivity contribution in [1.29, 1.82) is 0 Å². The zero-order valence-corrected chi connectivity index (χ0v) is 29.4. The minimum Gasteiger partial charge on any atom is -0.504 e. The number of carboxylic acids is 1. The fourth-order valence-corrected chi connectivity index (χ4v) is 13.6. The van der Waals surface area contributed by atoms with Gasteiger partial charge in [-0.05, 0) is 111 Å². The average molecular weight is 633 g/mol. The molecule has 6 rings (SSSR count). The van der Waals surface area contributed by atoms with Gasteiger partial charge in [0.2, 0.25) is 5.78 Å². The van der Waals surface area contributed by atoms with E-state index in [0.717, 1.165) is 62.4 Å². The molecule has 6 aliphatic rings. The number of Topliss-reactive ketones (excluding diaryl/α,β-unsaturated/α-hetero) is 2. The van der Waals surface area contributed by atoms with Crippen molar-refractivity contribution in [1.82, 2.24) is 0 Å². The number of carbonyl (C=O) groups is 4. The predicted molar refractivity (Wildman–Crippen MR) is 178 cm³/mol. The van der Waals surface area contributed by atoms with Crippen molar-refractivity contribution in [3.8, 4) is 0 Å². The average Bonchev–Trinajstić information content (AvgIpc) is 3.33. The highest BCUT2D eigenvalue weighted by Crippen LogP contribution is 2.78. The summed E-state index contributed by atoms with van der Waals surface area (Å²) in [5.41, 5.74) is -1.72. The maximum absolute atomic E-state index is 15.2. The Hall–Kier alpha value is -2.50. The molecule has 2 bridgehead atoms. The first-order valence-corrected chi connectivity index (χ1v) is 17.9. The first-order chi connectivity index (χ1) is 21.3. The maximum Gasteiger partial charge on any atom is 0.309 e. The molecule has 6 aliphatic carbocycles. The molecule has 0 aliphatic heterocycles. The molecule has 0 aromatic carbocycles. The standard InChI is InChI=1S/C40H56O6/c1-22(2)40-26(24(4)12-14-25-23(3)13-15-28-36(25,7)17-11-18-37(28,8)34(45)46)20-39(33(40)44)27(21-41)30-35(5,6)16-10-19-38(30,9)31(39)29(42)32(40)43/h12,21-22,25-28,30,42H,3,10-11,13-20H2,1-2,4-9H3,(H,45,46). The smallest absolute Gasteiger partial charge is 0.309 e. The number of aliphatic carboxylic acids is 1. The number of aldehydes is 1. The van der Waals surface area contributed by atoms with Crippen LogP contribution in [0, 0.1) is 68.0 Å². The molecular weight excluding hydrogens is 576 g/mol. The van der Waals surface area contributed by atoms with E-state index in [4.69, 9.17) is 0 Å².